The summed E-state index contributed by atoms with van der Waals surface area (Å²) in [5.74, 6) is 0.221. The first-order valence-electron chi connectivity index (χ1n) is 8.60. The van der Waals surface area contributed by atoms with E-state index >= 15 is 0 Å². The summed E-state index contributed by atoms with van der Waals surface area (Å²) >= 11 is 5.20. The lowest BCUT2D eigenvalue weighted by atomic mass is 10.0. The van der Waals surface area contributed by atoms with E-state index in [1.165, 1.54) is 6.07 Å². The van der Waals surface area contributed by atoms with Crippen LogP contribution in [0.3, 0.4) is 0 Å². The van der Waals surface area contributed by atoms with Crippen LogP contribution in [-0.2, 0) is 9.53 Å². The fourth-order valence-electron chi connectivity index (χ4n) is 2.95. The van der Waals surface area contributed by atoms with Crippen molar-refractivity contribution in [2.24, 2.45) is 0 Å². The Hall–Kier alpha value is -3.20. The van der Waals surface area contributed by atoms with Gasteiger partial charge < -0.3 is 19.8 Å². The van der Waals surface area contributed by atoms with Gasteiger partial charge in [-0.1, -0.05) is 12.1 Å². The van der Waals surface area contributed by atoms with Gasteiger partial charge >= 0.3 is 5.97 Å². The summed E-state index contributed by atoms with van der Waals surface area (Å²) in [5, 5.41) is 17.5. The first-order chi connectivity index (χ1) is 13.3. The molecule has 2 N–H and O–H groups in total. The van der Waals surface area contributed by atoms with Gasteiger partial charge in [0.25, 0.3) is 5.69 Å². The van der Waals surface area contributed by atoms with Crippen molar-refractivity contribution in [1.82, 2.24) is 10.6 Å². The minimum Gasteiger partial charge on any atom is -0.459 e. The molecule has 0 aliphatic carbocycles. The second kappa shape index (κ2) is 7.81. The molecule has 0 spiro atoms. The maximum atomic E-state index is 12.6. The maximum absolute atomic E-state index is 12.6. The van der Waals surface area contributed by atoms with Crippen LogP contribution in [0.4, 0.5) is 5.69 Å². The summed E-state index contributed by atoms with van der Waals surface area (Å²) in [5.41, 5.74) is 1.18. The second-order valence-electron chi connectivity index (χ2n) is 6.50. The molecule has 8 nitrogen and oxygen atoms in total. The van der Waals surface area contributed by atoms with Crippen LogP contribution >= 0.6 is 12.2 Å². The second-order valence-corrected chi connectivity index (χ2v) is 6.91. The molecule has 3 rings (SSSR count). The van der Waals surface area contributed by atoms with Crippen LogP contribution in [0.2, 0.25) is 0 Å². The van der Waals surface area contributed by atoms with Crippen molar-refractivity contribution in [1.29, 1.82) is 0 Å². The standard InChI is InChI=1S/C19H19N3O5S/c1-10(2)26-18(23)16-11(3)20-19(28)21-17(16)15-9-8-14(27-15)12-6-4-5-7-13(12)22(24)25/h4-10,17H,1-3H3,(H2,20,21,28)/t17-/m0/s1. The zero-order valence-electron chi connectivity index (χ0n) is 15.5. The quantitative estimate of drug-likeness (QED) is 0.339. The molecule has 1 atom stereocenters. The number of benzene rings is 1. The summed E-state index contributed by atoms with van der Waals surface area (Å²) in [6, 6.07) is 8.92. The van der Waals surface area contributed by atoms with E-state index < -0.39 is 16.9 Å². The largest absolute Gasteiger partial charge is 0.459 e. The lowest BCUT2D eigenvalue weighted by Gasteiger charge is -2.28. The van der Waals surface area contributed by atoms with Crippen LogP contribution in [0.25, 0.3) is 11.3 Å². The van der Waals surface area contributed by atoms with Gasteiger partial charge in [0.1, 0.15) is 17.6 Å². The number of nitrogens with one attached hydrogen (secondary N) is 2. The van der Waals surface area contributed by atoms with E-state index in [1.54, 1.807) is 51.1 Å². The SMILES string of the molecule is CC1=C(C(=O)OC(C)C)[C@H](c2ccc(-c3ccccc3[N+](=O)[O-])o2)NC(=S)N1. The molecule has 0 fully saturated rings. The smallest absolute Gasteiger partial charge is 0.338 e. The predicted octanol–water partition coefficient (Wildman–Crippen LogP) is 3.60. The number of ether oxygens (including phenoxy) is 1. The maximum Gasteiger partial charge on any atom is 0.338 e. The number of carbonyl (C=O) groups is 1. The highest BCUT2D eigenvalue weighted by Crippen LogP contribution is 2.35. The molecule has 9 heteroatoms. The summed E-state index contributed by atoms with van der Waals surface area (Å²) in [7, 11) is 0. The topological polar surface area (TPSA) is 107 Å². The predicted molar refractivity (Wildman–Crippen MR) is 106 cm³/mol. The highest BCUT2D eigenvalue weighted by atomic mass is 32.1. The highest BCUT2D eigenvalue weighted by molar-refractivity contribution is 7.80. The van der Waals surface area contributed by atoms with Crippen molar-refractivity contribution in [3.05, 3.63) is 63.5 Å². The number of nitro groups is 1. The van der Waals surface area contributed by atoms with Gasteiger partial charge in [0.05, 0.1) is 22.2 Å². The zero-order chi connectivity index (χ0) is 20.4. The Morgan fingerprint density at radius 2 is 2.00 bits per heavy atom. The van der Waals surface area contributed by atoms with Gasteiger partial charge in [0.15, 0.2) is 5.11 Å². The molecule has 0 unspecified atom stereocenters. The molecule has 28 heavy (non-hydrogen) atoms. The van der Waals surface area contributed by atoms with Crippen LogP contribution in [0.1, 0.15) is 32.6 Å². The number of hydrogen-bond donors (Lipinski definition) is 2. The van der Waals surface area contributed by atoms with Crippen LogP contribution in [0, 0.1) is 10.1 Å². The molecule has 0 saturated carbocycles. The van der Waals surface area contributed by atoms with E-state index in [-0.39, 0.29) is 11.8 Å². The lowest BCUT2D eigenvalue weighted by Crippen LogP contribution is -2.45. The number of rotatable bonds is 5. The Morgan fingerprint density at radius 3 is 2.68 bits per heavy atom. The third kappa shape index (κ3) is 3.89. The molecule has 0 amide bonds. The molecule has 1 aromatic carbocycles. The summed E-state index contributed by atoms with van der Waals surface area (Å²) in [6.45, 7) is 5.25. The Balaban J connectivity index is 2.01. The number of nitro benzene ring substituents is 1. The van der Waals surface area contributed by atoms with E-state index in [2.05, 4.69) is 10.6 Å². The summed E-state index contributed by atoms with van der Waals surface area (Å²) in [6.07, 6.45) is -0.290. The normalized spacial score (nSPS) is 16.6. The van der Waals surface area contributed by atoms with Gasteiger partial charge in [-0.3, -0.25) is 10.1 Å². The molecular formula is C19H19N3O5S. The molecular weight excluding hydrogens is 382 g/mol. The molecule has 2 heterocycles. The van der Waals surface area contributed by atoms with Crippen LogP contribution in [0.5, 0.6) is 0 Å². The van der Waals surface area contributed by atoms with Crippen molar-refractivity contribution < 1.29 is 18.9 Å². The lowest BCUT2D eigenvalue weighted by molar-refractivity contribution is -0.384. The Bertz CT molecular complexity index is 979. The number of hydrogen-bond acceptors (Lipinski definition) is 6. The molecule has 2 aromatic rings. The Morgan fingerprint density at radius 1 is 1.29 bits per heavy atom. The van der Waals surface area contributed by atoms with Crippen LogP contribution in [0.15, 0.2) is 52.1 Å². The average Bonchev–Trinajstić information content (AvgIpc) is 3.10. The van der Waals surface area contributed by atoms with Gasteiger partial charge in [0, 0.05) is 11.8 Å². The van der Waals surface area contributed by atoms with E-state index in [9.17, 15) is 14.9 Å². The number of thiocarbonyl (C=S) groups is 1. The third-order valence-corrected chi connectivity index (χ3v) is 4.33. The van der Waals surface area contributed by atoms with Gasteiger partial charge in [-0.15, -0.1) is 0 Å². The number of nitrogens with zero attached hydrogens (tertiary/aromatic N) is 1. The number of allylic oxidation sites excluding steroid dienone is 1. The monoisotopic (exact) mass is 401 g/mol. The molecule has 1 aromatic heterocycles. The van der Waals surface area contributed by atoms with Crippen molar-refractivity contribution >= 4 is 29.0 Å². The molecule has 146 valence electrons. The highest BCUT2D eigenvalue weighted by Gasteiger charge is 2.33. The van der Waals surface area contributed by atoms with E-state index in [0.717, 1.165) is 0 Å². The van der Waals surface area contributed by atoms with Crippen molar-refractivity contribution in [3.8, 4) is 11.3 Å². The first kappa shape index (κ1) is 19.6. The summed E-state index contributed by atoms with van der Waals surface area (Å²) < 4.78 is 11.2. The fraction of sp³-hybridized carbons (Fsp3) is 0.263. The zero-order valence-corrected chi connectivity index (χ0v) is 16.3. The average molecular weight is 401 g/mol. The van der Waals surface area contributed by atoms with Crippen LogP contribution in [-0.4, -0.2) is 22.1 Å². The number of para-hydroxylation sites is 1. The summed E-state index contributed by atoms with van der Waals surface area (Å²) in [4.78, 5) is 23.4. The fourth-order valence-corrected chi connectivity index (χ4v) is 3.22. The number of carbonyl (C=O) groups excluding carboxylic acids is 1. The van der Waals surface area contributed by atoms with Crippen molar-refractivity contribution in [2.75, 3.05) is 0 Å². The number of furan rings is 1. The molecule has 1 aliphatic heterocycles. The van der Waals surface area contributed by atoms with Crippen LogP contribution < -0.4 is 10.6 Å². The van der Waals surface area contributed by atoms with E-state index in [0.29, 0.717) is 33.5 Å². The molecule has 0 radical (unpaired) electrons. The van der Waals surface area contributed by atoms with Gasteiger partial charge in [0.2, 0.25) is 0 Å². The minimum atomic E-state index is -0.670. The van der Waals surface area contributed by atoms with Gasteiger partial charge in [-0.25, -0.2) is 4.79 Å². The van der Waals surface area contributed by atoms with Crippen molar-refractivity contribution in [2.45, 2.75) is 32.9 Å². The Kier molecular flexibility index (Phi) is 5.46. The molecule has 0 bridgehead atoms. The Labute approximate surface area is 166 Å². The third-order valence-electron chi connectivity index (χ3n) is 4.11. The number of esters is 1. The van der Waals surface area contributed by atoms with E-state index in [1.807, 2.05) is 0 Å². The van der Waals surface area contributed by atoms with Gasteiger partial charge in [-0.2, -0.15) is 0 Å². The minimum absolute atomic E-state index is 0.0663. The van der Waals surface area contributed by atoms with Crippen molar-refractivity contribution in [3.63, 3.8) is 0 Å². The molecule has 1 aliphatic rings. The molecule has 0 saturated heterocycles. The van der Waals surface area contributed by atoms with E-state index in [4.69, 9.17) is 21.4 Å². The van der Waals surface area contributed by atoms with Gasteiger partial charge in [-0.05, 0) is 51.2 Å². The first-order valence-corrected chi connectivity index (χ1v) is 9.01.